The third-order valence-corrected chi connectivity index (χ3v) is 2.95. The Hall–Kier alpha value is -1.68. The minimum Gasteiger partial charge on any atom is -0.323 e. The van der Waals surface area contributed by atoms with E-state index in [9.17, 15) is 0 Å². The van der Waals surface area contributed by atoms with Gasteiger partial charge in [0, 0.05) is 31.2 Å². The van der Waals surface area contributed by atoms with E-state index in [1.165, 1.54) is 11.3 Å². The number of pyridine rings is 1. The van der Waals surface area contributed by atoms with Gasteiger partial charge in [0.1, 0.15) is 0 Å². The summed E-state index contributed by atoms with van der Waals surface area (Å²) < 4.78 is 1.89. The van der Waals surface area contributed by atoms with E-state index in [0.29, 0.717) is 0 Å². The molecule has 2 aromatic rings. The Morgan fingerprint density at radius 1 is 1.35 bits per heavy atom. The quantitative estimate of drug-likeness (QED) is 0.870. The summed E-state index contributed by atoms with van der Waals surface area (Å²) in [5, 5.41) is 4.14. The molecule has 0 aliphatic rings. The van der Waals surface area contributed by atoms with Crippen molar-refractivity contribution in [2.75, 3.05) is 0 Å². The summed E-state index contributed by atoms with van der Waals surface area (Å²) in [5.41, 5.74) is 9.51. The molecule has 0 aliphatic heterocycles. The fraction of sp³-hybridized carbons (Fsp3) is 0.385. The second-order valence-electron chi connectivity index (χ2n) is 4.35. The predicted molar refractivity (Wildman–Crippen MR) is 67.4 cm³/mol. The Balaban J connectivity index is 1.98. The van der Waals surface area contributed by atoms with E-state index in [1.54, 1.807) is 0 Å². The van der Waals surface area contributed by atoms with Crippen molar-refractivity contribution >= 4 is 0 Å². The average molecular weight is 230 g/mol. The number of aromatic nitrogens is 3. The van der Waals surface area contributed by atoms with Crippen LogP contribution in [0.3, 0.4) is 0 Å². The van der Waals surface area contributed by atoms with Crippen LogP contribution in [0.2, 0.25) is 0 Å². The van der Waals surface area contributed by atoms with Crippen molar-refractivity contribution in [2.45, 2.75) is 25.8 Å². The van der Waals surface area contributed by atoms with E-state index in [2.05, 4.69) is 17.0 Å². The third-order valence-electron chi connectivity index (χ3n) is 2.95. The monoisotopic (exact) mass is 230 g/mol. The zero-order valence-corrected chi connectivity index (χ0v) is 10.3. The molecule has 2 heterocycles. The van der Waals surface area contributed by atoms with Gasteiger partial charge >= 0.3 is 0 Å². The highest BCUT2D eigenvalue weighted by atomic mass is 15.2. The molecule has 0 spiro atoms. The largest absolute Gasteiger partial charge is 0.323 e. The number of nitrogens with two attached hydrogens (primary N) is 1. The van der Waals surface area contributed by atoms with Crippen LogP contribution in [0, 0.1) is 6.92 Å². The van der Waals surface area contributed by atoms with Gasteiger partial charge in [0.25, 0.3) is 0 Å². The molecule has 2 aromatic heterocycles. The molecule has 17 heavy (non-hydrogen) atoms. The van der Waals surface area contributed by atoms with Gasteiger partial charge in [-0.1, -0.05) is 0 Å². The maximum atomic E-state index is 6.14. The van der Waals surface area contributed by atoms with E-state index >= 15 is 0 Å². The first kappa shape index (κ1) is 11.8. The lowest BCUT2D eigenvalue weighted by Gasteiger charge is -2.11. The van der Waals surface area contributed by atoms with Gasteiger partial charge in [0.05, 0.1) is 5.69 Å². The Morgan fingerprint density at radius 2 is 2.18 bits per heavy atom. The topological polar surface area (TPSA) is 56.7 Å². The molecule has 0 aromatic carbocycles. The fourth-order valence-corrected chi connectivity index (χ4v) is 1.86. The smallest absolute Gasteiger partial charge is 0.0573 e. The molecular formula is C13H18N4. The Morgan fingerprint density at radius 3 is 2.82 bits per heavy atom. The first-order chi connectivity index (χ1) is 8.16. The van der Waals surface area contributed by atoms with Gasteiger partial charge in [0.15, 0.2) is 0 Å². The van der Waals surface area contributed by atoms with Crippen molar-refractivity contribution in [3.8, 4) is 0 Å². The number of aryl methyl sites for hydroxylation is 3. The predicted octanol–water partition coefficient (Wildman–Crippen LogP) is 1.76. The molecule has 4 nitrogen and oxygen atoms in total. The van der Waals surface area contributed by atoms with Gasteiger partial charge in [-0.25, -0.2) is 0 Å². The Bertz CT molecular complexity index is 490. The molecule has 0 amide bonds. The number of nitrogens with zero attached hydrogens (tertiary/aromatic N) is 3. The number of hydrogen-bond donors (Lipinski definition) is 1. The van der Waals surface area contributed by atoms with Gasteiger partial charge in [0.2, 0.25) is 0 Å². The Labute approximate surface area is 101 Å². The molecule has 0 bridgehead atoms. The fourth-order valence-electron chi connectivity index (χ4n) is 1.86. The van der Waals surface area contributed by atoms with Crippen LogP contribution in [0.25, 0.3) is 0 Å². The molecule has 4 heteroatoms. The summed E-state index contributed by atoms with van der Waals surface area (Å²) in [6.45, 7) is 2.05. The summed E-state index contributed by atoms with van der Waals surface area (Å²) >= 11 is 0. The van der Waals surface area contributed by atoms with Crippen molar-refractivity contribution in [1.82, 2.24) is 14.8 Å². The molecule has 0 radical (unpaired) electrons. The van der Waals surface area contributed by atoms with Gasteiger partial charge in [-0.05, 0) is 43.5 Å². The maximum absolute atomic E-state index is 6.14. The van der Waals surface area contributed by atoms with E-state index < -0.39 is 0 Å². The number of rotatable bonds is 4. The average Bonchev–Trinajstić information content (AvgIpc) is 2.72. The summed E-state index contributed by atoms with van der Waals surface area (Å²) in [4.78, 5) is 4.31. The third kappa shape index (κ3) is 2.91. The van der Waals surface area contributed by atoms with Crippen LogP contribution in [0.4, 0.5) is 0 Å². The maximum Gasteiger partial charge on any atom is 0.0573 e. The zero-order chi connectivity index (χ0) is 12.3. The van der Waals surface area contributed by atoms with Crippen molar-refractivity contribution in [2.24, 2.45) is 12.8 Å². The van der Waals surface area contributed by atoms with Crippen LogP contribution in [-0.2, 0) is 13.5 Å². The first-order valence-corrected chi connectivity index (χ1v) is 5.82. The molecule has 1 atom stereocenters. The standard InChI is InChI=1S/C13H18N4/c1-10-5-7-15-13(9-10)12(14)4-3-11-6-8-16-17(11)2/h5-9,12H,3-4,14H2,1-2H3. The van der Waals surface area contributed by atoms with E-state index in [-0.39, 0.29) is 6.04 Å². The molecule has 90 valence electrons. The molecule has 2 N–H and O–H groups in total. The van der Waals surface area contributed by atoms with Crippen LogP contribution in [0.15, 0.2) is 30.6 Å². The zero-order valence-electron chi connectivity index (χ0n) is 10.3. The summed E-state index contributed by atoms with van der Waals surface area (Å²) in [6.07, 6.45) is 5.43. The van der Waals surface area contributed by atoms with Crippen molar-refractivity contribution in [3.63, 3.8) is 0 Å². The molecule has 1 unspecified atom stereocenters. The van der Waals surface area contributed by atoms with Crippen LogP contribution in [0.5, 0.6) is 0 Å². The molecule has 0 fully saturated rings. The first-order valence-electron chi connectivity index (χ1n) is 5.82. The second kappa shape index (κ2) is 5.10. The minimum atomic E-state index is -0.00944. The van der Waals surface area contributed by atoms with E-state index in [1.807, 2.05) is 42.3 Å². The van der Waals surface area contributed by atoms with E-state index in [4.69, 9.17) is 5.73 Å². The van der Waals surface area contributed by atoms with Crippen LogP contribution < -0.4 is 5.73 Å². The lowest BCUT2D eigenvalue weighted by molar-refractivity contribution is 0.602. The van der Waals surface area contributed by atoms with Crippen molar-refractivity contribution < 1.29 is 0 Å². The highest BCUT2D eigenvalue weighted by Crippen LogP contribution is 2.15. The van der Waals surface area contributed by atoms with E-state index in [0.717, 1.165) is 18.5 Å². The van der Waals surface area contributed by atoms with Crippen LogP contribution >= 0.6 is 0 Å². The lowest BCUT2D eigenvalue weighted by Crippen LogP contribution is -2.14. The van der Waals surface area contributed by atoms with Crippen LogP contribution in [0.1, 0.15) is 29.4 Å². The van der Waals surface area contributed by atoms with Crippen molar-refractivity contribution in [3.05, 3.63) is 47.5 Å². The minimum absolute atomic E-state index is 0.00944. The van der Waals surface area contributed by atoms with Gasteiger partial charge in [-0.3, -0.25) is 9.67 Å². The summed E-state index contributed by atoms with van der Waals surface area (Å²) in [7, 11) is 1.95. The lowest BCUT2D eigenvalue weighted by atomic mass is 10.1. The Kier molecular flexibility index (Phi) is 3.54. The molecule has 0 saturated heterocycles. The SMILES string of the molecule is Cc1ccnc(C(N)CCc2ccnn2C)c1. The molecular weight excluding hydrogens is 212 g/mol. The van der Waals surface area contributed by atoms with Gasteiger partial charge in [-0.2, -0.15) is 5.10 Å². The second-order valence-corrected chi connectivity index (χ2v) is 4.35. The van der Waals surface area contributed by atoms with Gasteiger partial charge < -0.3 is 5.73 Å². The highest BCUT2D eigenvalue weighted by Gasteiger charge is 2.09. The molecule has 0 aliphatic carbocycles. The number of hydrogen-bond acceptors (Lipinski definition) is 3. The molecule has 2 rings (SSSR count). The summed E-state index contributed by atoms with van der Waals surface area (Å²) in [5.74, 6) is 0. The molecule has 0 saturated carbocycles. The van der Waals surface area contributed by atoms with Gasteiger partial charge in [-0.15, -0.1) is 0 Å². The normalized spacial score (nSPS) is 12.6. The van der Waals surface area contributed by atoms with Crippen LogP contribution in [-0.4, -0.2) is 14.8 Å². The highest BCUT2D eigenvalue weighted by molar-refractivity contribution is 5.17. The summed E-state index contributed by atoms with van der Waals surface area (Å²) in [6, 6.07) is 6.05. The van der Waals surface area contributed by atoms with Crippen molar-refractivity contribution in [1.29, 1.82) is 0 Å².